The van der Waals surface area contributed by atoms with Crippen LogP contribution in [0.3, 0.4) is 0 Å². The third-order valence-corrected chi connectivity index (χ3v) is 7.32. The molecule has 1 aliphatic rings. The molecule has 0 radical (unpaired) electrons. The van der Waals surface area contributed by atoms with E-state index in [1.54, 1.807) is 0 Å². The van der Waals surface area contributed by atoms with Gasteiger partial charge < -0.3 is 5.32 Å². The molecule has 0 unspecified atom stereocenters. The number of benzene rings is 5. The van der Waals surface area contributed by atoms with Gasteiger partial charge in [-0.05, 0) is 88.0 Å². The molecule has 0 fully saturated rings. The van der Waals surface area contributed by atoms with Crippen LogP contribution in [0.2, 0.25) is 0 Å². The third kappa shape index (κ3) is 3.23. The van der Waals surface area contributed by atoms with Crippen molar-refractivity contribution in [1.82, 2.24) is 0 Å². The first-order chi connectivity index (χ1) is 16.4. The van der Waals surface area contributed by atoms with E-state index in [4.69, 9.17) is 0 Å². The van der Waals surface area contributed by atoms with E-state index in [-0.39, 0.29) is 5.41 Å². The third-order valence-electron chi connectivity index (χ3n) is 7.32. The van der Waals surface area contributed by atoms with Gasteiger partial charge in [-0.2, -0.15) is 0 Å². The first-order valence-electron chi connectivity index (χ1n) is 12.0. The Morgan fingerprint density at radius 1 is 0.559 bits per heavy atom. The molecular weight excluding hydrogens is 410 g/mol. The summed E-state index contributed by atoms with van der Waals surface area (Å²) in [4.78, 5) is 0. The van der Waals surface area contributed by atoms with E-state index in [2.05, 4.69) is 130 Å². The molecule has 0 aliphatic heterocycles. The van der Waals surface area contributed by atoms with Crippen molar-refractivity contribution in [2.24, 2.45) is 0 Å². The van der Waals surface area contributed by atoms with Crippen LogP contribution in [0.25, 0.3) is 33.0 Å². The Morgan fingerprint density at radius 3 is 2.00 bits per heavy atom. The fourth-order valence-corrected chi connectivity index (χ4v) is 5.73. The van der Waals surface area contributed by atoms with Crippen LogP contribution in [0.1, 0.15) is 36.1 Å². The van der Waals surface area contributed by atoms with E-state index in [9.17, 15) is 0 Å². The Morgan fingerprint density at radius 2 is 1.21 bits per heavy atom. The Kier molecular flexibility index (Phi) is 4.64. The molecule has 0 spiro atoms. The van der Waals surface area contributed by atoms with Crippen molar-refractivity contribution in [2.75, 3.05) is 5.32 Å². The molecular formula is C33H29N. The molecule has 0 bridgehead atoms. The number of rotatable bonds is 3. The van der Waals surface area contributed by atoms with Gasteiger partial charge in [-0.3, -0.25) is 0 Å². The highest BCUT2D eigenvalue weighted by molar-refractivity contribution is 6.04. The predicted molar refractivity (Wildman–Crippen MR) is 146 cm³/mol. The average molecular weight is 440 g/mol. The maximum absolute atomic E-state index is 3.67. The monoisotopic (exact) mass is 439 g/mol. The normalized spacial score (nSPS) is 13.5. The van der Waals surface area contributed by atoms with Crippen molar-refractivity contribution >= 4 is 22.1 Å². The van der Waals surface area contributed by atoms with Crippen LogP contribution in [0.5, 0.6) is 0 Å². The summed E-state index contributed by atoms with van der Waals surface area (Å²) in [5, 5.41) is 6.18. The summed E-state index contributed by atoms with van der Waals surface area (Å²) >= 11 is 0. The summed E-state index contributed by atoms with van der Waals surface area (Å²) in [6.45, 7) is 8.98. The topological polar surface area (TPSA) is 12.0 Å². The number of fused-ring (bicyclic) bond motifs is 4. The maximum Gasteiger partial charge on any atom is 0.0464 e. The molecule has 0 atom stereocenters. The number of hydrogen-bond donors (Lipinski definition) is 1. The highest BCUT2D eigenvalue weighted by Crippen LogP contribution is 2.50. The van der Waals surface area contributed by atoms with Gasteiger partial charge >= 0.3 is 0 Å². The van der Waals surface area contributed by atoms with Gasteiger partial charge in [0, 0.05) is 22.2 Å². The van der Waals surface area contributed by atoms with Crippen LogP contribution >= 0.6 is 0 Å². The van der Waals surface area contributed by atoms with E-state index in [1.807, 2.05) is 0 Å². The van der Waals surface area contributed by atoms with Crippen LogP contribution < -0.4 is 5.32 Å². The summed E-state index contributed by atoms with van der Waals surface area (Å²) < 4.78 is 0. The van der Waals surface area contributed by atoms with Gasteiger partial charge in [0.15, 0.2) is 0 Å². The first kappa shape index (κ1) is 20.7. The summed E-state index contributed by atoms with van der Waals surface area (Å²) in [6.07, 6.45) is 0. The highest BCUT2D eigenvalue weighted by Gasteiger charge is 2.35. The van der Waals surface area contributed by atoms with Gasteiger partial charge in [-0.25, -0.2) is 0 Å². The quantitative estimate of drug-likeness (QED) is 0.295. The van der Waals surface area contributed by atoms with Crippen LogP contribution in [0.15, 0.2) is 97.1 Å². The van der Waals surface area contributed by atoms with Gasteiger partial charge in [-0.1, -0.05) is 86.6 Å². The van der Waals surface area contributed by atoms with Crippen molar-refractivity contribution in [3.8, 4) is 22.3 Å². The lowest BCUT2D eigenvalue weighted by Gasteiger charge is -2.22. The molecule has 0 aromatic heterocycles. The minimum atomic E-state index is 0.00225. The second kappa shape index (κ2) is 7.60. The lowest BCUT2D eigenvalue weighted by Crippen LogP contribution is -2.14. The second-order valence-electron chi connectivity index (χ2n) is 10.1. The smallest absolute Gasteiger partial charge is 0.0464 e. The lowest BCUT2D eigenvalue weighted by molar-refractivity contribution is 0.660. The lowest BCUT2D eigenvalue weighted by atomic mass is 9.81. The fourth-order valence-electron chi connectivity index (χ4n) is 5.73. The molecule has 0 saturated carbocycles. The number of hydrogen-bond acceptors (Lipinski definition) is 1. The SMILES string of the molecule is Cc1cc(C)cc(Nc2ccc(-c3ccc4c(c3)C(C)(C)c3ccccc3-4)c3ccccc23)c1. The van der Waals surface area contributed by atoms with Crippen molar-refractivity contribution in [2.45, 2.75) is 33.1 Å². The molecule has 5 aromatic rings. The van der Waals surface area contributed by atoms with Gasteiger partial charge in [0.25, 0.3) is 0 Å². The number of aryl methyl sites for hydroxylation is 2. The summed E-state index contributed by atoms with van der Waals surface area (Å²) in [5.74, 6) is 0. The van der Waals surface area contributed by atoms with Crippen molar-refractivity contribution in [3.05, 3.63) is 119 Å². The Hall–Kier alpha value is -3.84. The zero-order chi connectivity index (χ0) is 23.4. The van der Waals surface area contributed by atoms with E-state index in [0.29, 0.717) is 0 Å². The van der Waals surface area contributed by atoms with E-state index in [1.165, 1.54) is 55.3 Å². The molecule has 6 rings (SSSR count). The first-order valence-corrected chi connectivity index (χ1v) is 12.0. The van der Waals surface area contributed by atoms with Crippen LogP contribution in [0, 0.1) is 13.8 Å². The highest BCUT2D eigenvalue weighted by atomic mass is 14.9. The second-order valence-corrected chi connectivity index (χ2v) is 10.1. The van der Waals surface area contributed by atoms with Crippen LogP contribution in [0.4, 0.5) is 11.4 Å². The maximum atomic E-state index is 3.67. The Balaban J connectivity index is 1.47. The van der Waals surface area contributed by atoms with E-state index >= 15 is 0 Å². The number of anilines is 2. The molecule has 1 heteroatoms. The molecule has 0 heterocycles. The molecule has 5 aromatic carbocycles. The minimum Gasteiger partial charge on any atom is -0.355 e. The zero-order valence-electron chi connectivity index (χ0n) is 20.2. The largest absolute Gasteiger partial charge is 0.355 e. The van der Waals surface area contributed by atoms with Gasteiger partial charge in [0.05, 0.1) is 0 Å². The van der Waals surface area contributed by atoms with E-state index < -0.39 is 0 Å². The molecule has 166 valence electrons. The van der Waals surface area contributed by atoms with E-state index in [0.717, 1.165) is 11.4 Å². The summed E-state index contributed by atoms with van der Waals surface area (Å²) in [7, 11) is 0. The molecule has 0 saturated heterocycles. The average Bonchev–Trinajstić information content (AvgIpc) is 3.05. The van der Waals surface area contributed by atoms with Crippen LogP contribution in [-0.2, 0) is 5.41 Å². The standard InChI is InChI=1S/C33H29N/c1-21-17-22(2)19-24(18-21)34-32-16-15-25(26-9-5-6-11-29(26)32)23-13-14-28-27-10-7-8-12-30(27)33(3,4)31(28)20-23/h5-20,34H,1-4H3. The van der Waals surface area contributed by atoms with Crippen molar-refractivity contribution in [3.63, 3.8) is 0 Å². The fraction of sp³-hybridized carbons (Fsp3) is 0.152. The zero-order valence-corrected chi connectivity index (χ0v) is 20.2. The Labute approximate surface area is 202 Å². The minimum absolute atomic E-state index is 0.00225. The van der Waals surface area contributed by atoms with Crippen LogP contribution in [-0.4, -0.2) is 0 Å². The van der Waals surface area contributed by atoms with Gasteiger partial charge in [-0.15, -0.1) is 0 Å². The molecule has 34 heavy (non-hydrogen) atoms. The Bertz CT molecular complexity index is 1550. The van der Waals surface area contributed by atoms with Crippen molar-refractivity contribution < 1.29 is 0 Å². The van der Waals surface area contributed by atoms with Gasteiger partial charge in [0.1, 0.15) is 0 Å². The van der Waals surface area contributed by atoms with Crippen molar-refractivity contribution in [1.29, 1.82) is 0 Å². The van der Waals surface area contributed by atoms with Gasteiger partial charge in [0.2, 0.25) is 0 Å². The molecule has 1 aliphatic carbocycles. The molecule has 0 amide bonds. The summed E-state index contributed by atoms with van der Waals surface area (Å²) in [5.41, 5.74) is 12.9. The number of nitrogens with one attached hydrogen (secondary N) is 1. The molecule has 1 N–H and O–H groups in total. The molecule has 1 nitrogen and oxygen atoms in total. The summed E-state index contributed by atoms with van der Waals surface area (Å²) in [6, 6.07) is 35.7. The predicted octanol–water partition coefficient (Wildman–Crippen LogP) is 9.17.